The van der Waals surface area contributed by atoms with Crippen molar-refractivity contribution in [1.29, 1.82) is 0 Å². The molecule has 0 aliphatic carbocycles. The van der Waals surface area contributed by atoms with Crippen LogP contribution in [0.2, 0.25) is 0 Å². The molecule has 0 rings (SSSR count). The SMILES string of the molecule is FC(F)(F)C(F)(F)C(F)(F)NC(F)(F)C(F)(F)C(F)(F)F. The van der Waals surface area contributed by atoms with Crippen LogP contribution in [0.5, 0.6) is 0 Å². The van der Waals surface area contributed by atoms with E-state index in [9.17, 15) is 61.5 Å². The standard InChI is InChI=1S/C6HF14N/c7-1(8,3(11,12)13)5(17,18)21-6(19,20)2(9,10)4(14,15)16/h21H. The normalized spacial score (nSPS) is 16.3. The largest absolute Gasteiger partial charge is 0.461 e. The molecular formula is C6HF14N. The van der Waals surface area contributed by atoms with Gasteiger partial charge in [-0.15, -0.1) is 0 Å². The van der Waals surface area contributed by atoms with E-state index in [1.807, 2.05) is 0 Å². The first-order chi connectivity index (χ1) is 8.71. The van der Waals surface area contributed by atoms with Crippen molar-refractivity contribution < 1.29 is 61.5 Å². The predicted molar refractivity (Wildman–Crippen MR) is 35.0 cm³/mol. The number of halogens is 14. The van der Waals surface area contributed by atoms with E-state index in [1.54, 1.807) is 0 Å². The summed E-state index contributed by atoms with van der Waals surface area (Å²) in [6, 6.07) is -14.3. The van der Waals surface area contributed by atoms with Crippen LogP contribution >= 0.6 is 0 Å². The van der Waals surface area contributed by atoms with Gasteiger partial charge in [-0.3, -0.25) is 0 Å². The Morgan fingerprint density at radius 3 is 0.714 bits per heavy atom. The smallest absolute Gasteiger partial charge is 0.187 e. The first kappa shape index (κ1) is 20.0. The highest BCUT2D eigenvalue weighted by Crippen LogP contribution is 2.50. The van der Waals surface area contributed by atoms with E-state index in [0.29, 0.717) is 0 Å². The van der Waals surface area contributed by atoms with E-state index in [0.717, 1.165) is 0 Å². The fourth-order valence-electron chi connectivity index (χ4n) is 0.710. The molecule has 0 bridgehead atoms. The van der Waals surface area contributed by atoms with Crippen LogP contribution in [-0.4, -0.2) is 36.3 Å². The van der Waals surface area contributed by atoms with Gasteiger partial charge < -0.3 is 0 Å². The average Bonchev–Trinajstić information content (AvgIpc) is 2.11. The van der Waals surface area contributed by atoms with E-state index < -0.39 is 41.6 Å². The minimum Gasteiger partial charge on any atom is -0.187 e. The average molecular weight is 353 g/mol. The van der Waals surface area contributed by atoms with E-state index in [1.165, 1.54) is 0 Å². The maximum Gasteiger partial charge on any atom is 0.461 e. The summed E-state index contributed by atoms with van der Waals surface area (Å²) in [5, 5.41) is -1.58. The molecule has 0 radical (unpaired) electrons. The molecule has 1 N–H and O–H groups in total. The van der Waals surface area contributed by atoms with Gasteiger partial charge in [-0.2, -0.15) is 66.8 Å². The summed E-state index contributed by atoms with van der Waals surface area (Å²) >= 11 is 0. The van der Waals surface area contributed by atoms with Gasteiger partial charge in [-0.1, -0.05) is 0 Å². The molecule has 0 atom stereocenters. The van der Waals surface area contributed by atoms with Gasteiger partial charge in [0.25, 0.3) is 0 Å². The lowest BCUT2D eigenvalue weighted by atomic mass is 10.2. The number of hydrogen-bond acceptors (Lipinski definition) is 1. The molecule has 0 aliphatic rings. The highest BCUT2D eigenvalue weighted by atomic mass is 19.4. The molecule has 21 heavy (non-hydrogen) atoms. The van der Waals surface area contributed by atoms with Crippen LogP contribution in [0.4, 0.5) is 61.5 Å². The second kappa shape index (κ2) is 4.74. The third-order valence-corrected chi connectivity index (χ3v) is 1.81. The highest BCUT2D eigenvalue weighted by Gasteiger charge is 2.80. The van der Waals surface area contributed by atoms with Gasteiger partial charge in [0.05, 0.1) is 0 Å². The first-order valence-corrected chi connectivity index (χ1v) is 4.15. The Hall–Kier alpha value is -1.02. The van der Waals surface area contributed by atoms with Crippen LogP contribution in [0.1, 0.15) is 0 Å². The molecule has 0 aromatic carbocycles. The van der Waals surface area contributed by atoms with Gasteiger partial charge in [0.1, 0.15) is 0 Å². The molecule has 0 aromatic heterocycles. The Labute approximate surface area is 104 Å². The molecule has 1 nitrogen and oxygen atoms in total. The van der Waals surface area contributed by atoms with Crippen molar-refractivity contribution in [2.75, 3.05) is 0 Å². The van der Waals surface area contributed by atoms with Crippen molar-refractivity contribution in [3.63, 3.8) is 0 Å². The summed E-state index contributed by atoms with van der Waals surface area (Å²) in [5.74, 6) is -14.7. The van der Waals surface area contributed by atoms with Crippen molar-refractivity contribution >= 4 is 0 Å². The number of alkyl halides is 14. The predicted octanol–water partition coefficient (Wildman–Crippen LogP) is 4.16. The molecule has 0 unspecified atom stereocenters. The van der Waals surface area contributed by atoms with E-state index in [-0.39, 0.29) is 0 Å². The summed E-state index contributed by atoms with van der Waals surface area (Å²) in [5.41, 5.74) is 0. The topological polar surface area (TPSA) is 12.0 Å². The lowest BCUT2D eigenvalue weighted by Gasteiger charge is -2.35. The van der Waals surface area contributed by atoms with Gasteiger partial charge in [-0.25, -0.2) is 0 Å². The Morgan fingerprint density at radius 1 is 0.381 bits per heavy atom. The van der Waals surface area contributed by atoms with Gasteiger partial charge in [-0.05, 0) is 0 Å². The summed E-state index contributed by atoms with van der Waals surface area (Å²) in [7, 11) is 0. The number of nitrogens with one attached hydrogen (secondary N) is 1. The number of rotatable bonds is 4. The minimum atomic E-state index is -7.34. The van der Waals surface area contributed by atoms with Gasteiger partial charge in [0.2, 0.25) is 0 Å². The summed E-state index contributed by atoms with van der Waals surface area (Å²) < 4.78 is 167. The second-order valence-electron chi connectivity index (χ2n) is 3.42. The van der Waals surface area contributed by atoms with Crippen molar-refractivity contribution in [2.45, 2.75) is 36.3 Å². The van der Waals surface area contributed by atoms with Crippen LogP contribution in [0, 0.1) is 0 Å². The third kappa shape index (κ3) is 3.26. The maximum absolute atomic E-state index is 12.3. The number of hydrogen-bond donors (Lipinski definition) is 1. The van der Waals surface area contributed by atoms with E-state index in [4.69, 9.17) is 0 Å². The van der Waals surface area contributed by atoms with Crippen LogP contribution in [0.25, 0.3) is 0 Å². The monoisotopic (exact) mass is 353 g/mol. The highest BCUT2D eigenvalue weighted by molar-refractivity contribution is 4.97. The second-order valence-corrected chi connectivity index (χ2v) is 3.42. The Balaban J connectivity index is 5.65. The molecule has 0 saturated carbocycles. The summed E-state index contributed by atoms with van der Waals surface area (Å²) in [6.45, 7) is 0. The van der Waals surface area contributed by atoms with E-state index >= 15 is 0 Å². The Morgan fingerprint density at radius 2 is 0.571 bits per heavy atom. The zero-order chi connectivity index (χ0) is 17.7. The third-order valence-electron chi connectivity index (χ3n) is 1.81. The fourth-order valence-corrected chi connectivity index (χ4v) is 0.710. The zero-order valence-electron chi connectivity index (χ0n) is 8.79. The molecule has 128 valence electrons. The Bertz CT molecular complexity index is 338. The molecule has 0 amide bonds. The van der Waals surface area contributed by atoms with Crippen LogP contribution in [-0.2, 0) is 0 Å². The lowest BCUT2D eigenvalue weighted by Crippen LogP contribution is -2.69. The first-order valence-electron chi connectivity index (χ1n) is 4.15. The van der Waals surface area contributed by atoms with Crippen molar-refractivity contribution in [2.24, 2.45) is 0 Å². The van der Waals surface area contributed by atoms with Gasteiger partial charge in [0.15, 0.2) is 0 Å². The van der Waals surface area contributed by atoms with Gasteiger partial charge in [0, 0.05) is 0 Å². The molecular weight excluding hydrogens is 352 g/mol. The van der Waals surface area contributed by atoms with Crippen LogP contribution < -0.4 is 5.32 Å². The summed E-state index contributed by atoms with van der Waals surface area (Å²) in [4.78, 5) is 0. The molecule has 0 saturated heterocycles. The summed E-state index contributed by atoms with van der Waals surface area (Å²) in [6.07, 6.45) is -14.4. The minimum absolute atomic E-state index is 1.58. The Kier molecular flexibility index (Phi) is 4.51. The molecule has 0 fully saturated rings. The molecule has 15 heteroatoms. The van der Waals surface area contributed by atoms with E-state index in [2.05, 4.69) is 0 Å². The zero-order valence-corrected chi connectivity index (χ0v) is 8.79. The van der Waals surface area contributed by atoms with Crippen LogP contribution in [0.3, 0.4) is 0 Å². The molecule has 0 aromatic rings. The van der Waals surface area contributed by atoms with Crippen LogP contribution in [0.15, 0.2) is 0 Å². The maximum atomic E-state index is 12.3. The van der Waals surface area contributed by atoms with Crippen molar-refractivity contribution in [3.05, 3.63) is 0 Å². The van der Waals surface area contributed by atoms with Crippen molar-refractivity contribution in [3.8, 4) is 0 Å². The van der Waals surface area contributed by atoms with Gasteiger partial charge >= 0.3 is 36.3 Å². The quantitative estimate of drug-likeness (QED) is 0.591. The molecule has 0 heterocycles. The molecule has 0 spiro atoms. The fraction of sp³-hybridized carbons (Fsp3) is 1.00. The lowest BCUT2D eigenvalue weighted by molar-refractivity contribution is -0.406. The van der Waals surface area contributed by atoms with Crippen molar-refractivity contribution in [1.82, 2.24) is 5.32 Å². The molecule has 0 aliphatic heterocycles.